The van der Waals surface area contributed by atoms with E-state index in [2.05, 4.69) is 80.6 Å². The van der Waals surface area contributed by atoms with Crippen molar-refractivity contribution in [2.24, 2.45) is 0 Å². The molecule has 13 nitrogen and oxygen atoms in total. The highest BCUT2D eigenvalue weighted by atomic mass is 16.5. The molecule has 3 atom stereocenters. The molecular formula is C39H48N8O5. The van der Waals surface area contributed by atoms with E-state index in [1.54, 1.807) is 18.1 Å². The second-order valence-corrected chi connectivity index (χ2v) is 13.5. The lowest BCUT2D eigenvalue weighted by Crippen LogP contribution is -2.47. The molecule has 0 unspecified atom stereocenters. The molecule has 1 aliphatic heterocycles. The predicted octanol–water partition coefficient (Wildman–Crippen LogP) is 5.88. The Balaban J connectivity index is 1.24. The van der Waals surface area contributed by atoms with E-state index in [0.29, 0.717) is 19.0 Å². The van der Waals surface area contributed by atoms with Gasteiger partial charge in [-0.3, -0.25) is 9.59 Å². The zero-order chi connectivity index (χ0) is 37.1. The molecule has 0 spiro atoms. The van der Waals surface area contributed by atoms with E-state index >= 15 is 0 Å². The highest BCUT2D eigenvalue weighted by Crippen LogP contribution is 2.42. The molecule has 5 aromatic rings. The molecule has 4 N–H and O–H groups in total. The number of imidazole rings is 2. The number of H-pyrrole nitrogens is 2. The van der Waals surface area contributed by atoms with E-state index in [9.17, 15) is 14.4 Å². The smallest absolute Gasteiger partial charge is 0.407 e. The third-order valence-electron chi connectivity index (χ3n) is 10.2. The average molecular weight is 709 g/mol. The van der Waals surface area contributed by atoms with Crippen molar-refractivity contribution in [3.05, 3.63) is 65.9 Å². The first kappa shape index (κ1) is 36.4. The minimum atomic E-state index is -0.650. The number of likely N-dealkylation sites (N-methyl/N-ethyl adjacent to an activating group) is 1. The van der Waals surface area contributed by atoms with Crippen molar-refractivity contribution in [3.63, 3.8) is 0 Å². The summed E-state index contributed by atoms with van der Waals surface area (Å²) < 4.78 is 11.0. The molecule has 1 aliphatic rings. The van der Waals surface area contributed by atoms with E-state index in [0.717, 1.165) is 74.2 Å². The van der Waals surface area contributed by atoms with Crippen LogP contribution in [0.1, 0.15) is 64.7 Å². The van der Waals surface area contributed by atoms with Crippen molar-refractivity contribution >= 4 is 39.7 Å². The molecule has 3 aromatic carbocycles. The number of nitrogens with zero attached hydrogens (tertiary/aromatic N) is 4. The summed E-state index contributed by atoms with van der Waals surface area (Å²) in [5.41, 5.74) is 6.72. The van der Waals surface area contributed by atoms with Gasteiger partial charge in [0.2, 0.25) is 11.8 Å². The zero-order valence-corrected chi connectivity index (χ0v) is 30.9. The Labute approximate surface area is 303 Å². The van der Waals surface area contributed by atoms with Gasteiger partial charge < -0.3 is 39.9 Å². The van der Waals surface area contributed by atoms with Gasteiger partial charge in [-0.2, -0.15) is 0 Å². The van der Waals surface area contributed by atoms with Crippen LogP contribution in [0.3, 0.4) is 0 Å². The fourth-order valence-corrected chi connectivity index (χ4v) is 6.57. The normalized spacial score (nSPS) is 13.8. The summed E-state index contributed by atoms with van der Waals surface area (Å²) in [6.07, 6.45) is 2.72. The van der Waals surface area contributed by atoms with Gasteiger partial charge in [0.05, 0.1) is 49.2 Å². The number of aromatic nitrogens is 4. The second-order valence-electron chi connectivity index (χ2n) is 13.5. The van der Waals surface area contributed by atoms with Crippen molar-refractivity contribution in [2.75, 3.05) is 20.7 Å². The van der Waals surface area contributed by atoms with E-state index < -0.39 is 6.09 Å². The predicted molar refractivity (Wildman–Crippen MR) is 200 cm³/mol. The molecule has 274 valence electrons. The fraction of sp³-hybridized carbons (Fsp3) is 0.410. The first-order valence-corrected chi connectivity index (χ1v) is 17.9. The van der Waals surface area contributed by atoms with Gasteiger partial charge in [-0.15, -0.1) is 0 Å². The molecule has 3 amide bonds. The highest BCUT2D eigenvalue weighted by molar-refractivity contribution is 6.07. The summed E-state index contributed by atoms with van der Waals surface area (Å²) in [7, 11) is 3.06. The Bertz CT molecular complexity index is 2110. The Hall–Kier alpha value is -5.43. The van der Waals surface area contributed by atoms with Crippen LogP contribution < -0.4 is 15.4 Å². The van der Waals surface area contributed by atoms with Crippen LogP contribution in [0, 0.1) is 0 Å². The van der Waals surface area contributed by atoms with Crippen LogP contribution in [-0.2, 0) is 34.0 Å². The Morgan fingerprint density at radius 2 is 1.69 bits per heavy atom. The molecule has 13 heteroatoms. The number of hydrogen-bond donors (Lipinski definition) is 4. The standard InChI is InChI=1S/C39H48N8O5/c1-8-22(3)46(36(48)18-42-39(50)51-7)19-34-41-17-32(44-34)26-10-12-28-27(14-26)21-52-33-16-29-25(15-30(28)33)11-13-31-37(29)45-35(43-31)20-47(23(4)9-2)38(49)24(5)40-6/h10-17,22-24,40H,8-9,18-21H2,1-7H3,(H,41,44)(H,42,50)(H,43,45)/t22-,23-,24-/m0/s1. The molecule has 52 heavy (non-hydrogen) atoms. The van der Waals surface area contributed by atoms with Crippen molar-refractivity contribution < 1.29 is 23.9 Å². The number of ether oxygens (including phenoxy) is 2. The maximum absolute atomic E-state index is 13.2. The molecule has 0 saturated heterocycles. The van der Waals surface area contributed by atoms with Crippen LogP contribution in [0.4, 0.5) is 4.79 Å². The summed E-state index contributed by atoms with van der Waals surface area (Å²) >= 11 is 0. The molecule has 0 fully saturated rings. The number of alkyl carbamates (subject to hydrolysis) is 1. The van der Waals surface area contributed by atoms with Crippen LogP contribution in [0.2, 0.25) is 0 Å². The van der Waals surface area contributed by atoms with Crippen molar-refractivity contribution in [1.82, 2.24) is 40.4 Å². The quantitative estimate of drug-likeness (QED) is 0.118. The largest absolute Gasteiger partial charge is 0.488 e. The lowest BCUT2D eigenvalue weighted by molar-refractivity contribution is -0.136. The number of amides is 3. The summed E-state index contributed by atoms with van der Waals surface area (Å²) in [4.78, 5) is 57.6. The number of rotatable bonds is 13. The Kier molecular flexibility index (Phi) is 10.8. The Morgan fingerprint density at radius 3 is 2.42 bits per heavy atom. The van der Waals surface area contributed by atoms with E-state index in [1.807, 2.05) is 31.7 Å². The van der Waals surface area contributed by atoms with E-state index in [-0.39, 0.29) is 43.0 Å². The van der Waals surface area contributed by atoms with Crippen LogP contribution in [0.5, 0.6) is 5.75 Å². The van der Waals surface area contributed by atoms with Gasteiger partial charge in [0.25, 0.3) is 0 Å². The maximum Gasteiger partial charge on any atom is 0.407 e. The summed E-state index contributed by atoms with van der Waals surface area (Å²) in [5, 5.41) is 7.57. The second kappa shape index (κ2) is 15.4. The van der Waals surface area contributed by atoms with E-state index in [4.69, 9.17) is 9.72 Å². The number of hydrogen-bond acceptors (Lipinski definition) is 8. The number of methoxy groups -OCH3 is 1. The number of carbonyl (C=O) groups excluding carboxylic acids is 3. The molecule has 0 aliphatic carbocycles. The topological polar surface area (TPSA) is 158 Å². The van der Waals surface area contributed by atoms with Gasteiger partial charge >= 0.3 is 6.09 Å². The zero-order valence-electron chi connectivity index (χ0n) is 30.9. The summed E-state index contributed by atoms with van der Waals surface area (Å²) in [5.74, 6) is 2.01. The van der Waals surface area contributed by atoms with Gasteiger partial charge in [-0.1, -0.05) is 32.0 Å². The molecular weight excluding hydrogens is 660 g/mol. The van der Waals surface area contributed by atoms with Gasteiger partial charge in [0.15, 0.2) is 0 Å². The maximum atomic E-state index is 13.2. The van der Waals surface area contributed by atoms with Crippen molar-refractivity contribution in [2.45, 2.75) is 85.3 Å². The number of nitrogens with one attached hydrogen (secondary N) is 4. The molecule has 0 bridgehead atoms. The highest BCUT2D eigenvalue weighted by Gasteiger charge is 2.26. The number of benzene rings is 3. The number of aromatic amines is 2. The van der Waals surface area contributed by atoms with Gasteiger partial charge in [-0.25, -0.2) is 14.8 Å². The third-order valence-corrected chi connectivity index (χ3v) is 10.2. The van der Waals surface area contributed by atoms with Crippen LogP contribution >= 0.6 is 0 Å². The van der Waals surface area contributed by atoms with Crippen molar-refractivity contribution in [1.29, 1.82) is 0 Å². The third kappa shape index (κ3) is 7.31. The first-order chi connectivity index (χ1) is 25.0. The lowest BCUT2D eigenvalue weighted by atomic mass is 9.92. The monoisotopic (exact) mass is 708 g/mol. The van der Waals surface area contributed by atoms with Gasteiger partial charge in [0, 0.05) is 23.0 Å². The van der Waals surface area contributed by atoms with Crippen LogP contribution in [0.25, 0.3) is 44.2 Å². The summed E-state index contributed by atoms with van der Waals surface area (Å²) in [6, 6.07) is 14.4. The lowest BCUT2D eigenvalue weighted by Gasteiger charge is -2.30. The number of fused-ring (bicyclic) bond motifs is 6. The van der Waals surface area contributed by atoms with E-state index in [1.165, 1.54) is 7.11 Å². The SMILES string of the molecule is CC[C@H](C)N(Cc1ncc(-c2ccc3c(c2)COc2cc4c(ccc5[nH]c(CN(C(=O)[C@H](C)NC)[C@@H](C)CC)nc54)cc2-3)[nH]1)C(=O)CNC(=O)OC. The van der Waals surface area contributed by atoms with Crippen LogP contribution in [0.15, 0.2) is 48.7 Å². The molecule has 3 heterocycles. The van der Waals surface area contributed by atoms with Gasteiger partial charge in [-0.05, 0) is 87.0 Å². The van der Waals surface area contributed by atoms with Crippen molar-refractivity contribution in [3.8, 4) is 28.1 Å². The fourth-order valence-electron chi connectivity index (χ4n) is 6.57. The van der Waals surface area contributed by atoms with Crippen LogP contribution in [-0.4, -0.2) is 86.5 Å². The minimum Gasteiger partial charge on any atom is -0.488 e. The number of carbonyl (C=O) groups is 3. The average Bonchev–Trinajstić information content (AvgIpc) is 3.83. The molecule has 2 aromatic heterocycles. The minimum absolute atomic E-state index is 0.0472. The molecule has 6 rings (SSSR count). The summed E-state index contributed by atoms with van der Waals surface area (Å²) in [6.45, 7) is 10.9. The molecule has 0 radical (unpaired) electrons. The first-order valence-electron chi connectivity index (χ1n) is 17.9. The Morgan fingerprint density at radius 1 is 0.942 bits per heavy atom. The van der Waals surface area contributed by atoms with Gasteiger partial charge in [0.1, 0.15) is 30.5 Å². The molecule has 0 saturated carbocycles.